The first-order valence-electron chi connectivity index (χ1n) is 6.13. The maximum absolute atomic E-state index is 5.68. The highest BCUT2D eigenvalue weighted by molar-refractivity contribution is 5.42. The monoisotopic (exact) mass is 252 g/mol. The van der Waals surface area contributed by atoms with Gasteiger partial charge >= 0.3 is 0 Å². The summed E-state index contributed by atoms with van der Waals surface area (Å²) in [6.07, 6.45) is 0.199. The molecule has 2 rings (SSSR count). The first-order chi connectivity index (χ1) is 8.72. The molecule has 6 nitrogen and oxygen atoms in total. The summed E-state index contributed by atoms with van der Waals surface area (Å²) in [6, 6.07) is 1.87. The number of methoxy groups -OCH3 is 1. The van der Waals surface area contributed by atoms with Crippen molar-refractivity contribution in [3.05, 3.63) is 11.9 Å². The van der Waals surface area contributed by atoms with Gasteiger partial charge in [0.25, 0.3) is 0 Å². The highest BCUT2D eigenvalue weighted by Crippen LogP contribution is 2.19. The van der Waals surface area contributed by atoms with Crippen LogP contribution in [-0.4, -0.2) is 56.5 Å². The molecule has 1 saturated heterocycles. The molecule has 1 atom stereocenters. The van der Waals surface area contributed by atoms with Crippen LogP contribution in [0.1, 0.15) is 5.82 Å². The number of morpholine rings is 1. The van der Waals surface area contributed by atoms with E-state index in [0.717, 1.165) is 37.9 Å². The fourth-order valence-electron chi connectivity index (χ4n) is 2.07. The largest absolute Gasteiger partial charge is 0.481 e. The van der Waals surface area contributed by atoms with Gasteiger partial charge in [0.2, 0.25) is 5.88 Å². The van der Waals surface area contributed by atoms with Gasteiger partial charge < -0.3 is 19.7 Å². The van der Waals surface area contributed by atoms with Crippen molar-refractivity contribution in [2.24, 2.45) is 0 Å². The van der Waals surface area contributed by atoms with E-state index in [1.165, 1.54) is 0 Å². The predicted octanol–water partition coefficient (Wildman–Crippen LogP) is 0.218. The first kappa shape index (κ1) is 13.0. The van der Waals surface area contributed by atoms with Crippen molar-refractivity contribution in [2.75, 3.05) is 45.3 Å². The smallest absolute Gasteiger partial charge is 0.218 e. The molecule has 100 valence electrons. The van der Waals surface area contributed by atoms with Crippen LogP contribution in [0.4, 0.5) is 5.82 Å². The van der Waals surface area contributed by atoms with Crippen molar-refractivity contribution < 1.29 is 9.47 Å². The number of aryl methyl sites for hydroxylation is 1. The Bertz CT molecular complexity index is 398. The number of anilines is 1. The molecule has 0 bridgehead atoms. The zero-order valence-corrected chi connectivity index (χ0v) is 11.1. The number of hydrogen-bond donors (Lipinski definition) is 1. The molecule has 1 N–H and O–H groups in total. The van der Waals surface area contributed by atoms with Crippen LogP contribution >= 0.6 is 0 Å². The second-order valence-electron chi connectivity index (χ2n) is 4.31. The Morgan fingerprint density at radius 3 is 3.11 bits per heavy atom. The average Bonchev–Trinajstić information content (AvgIpc) is 2.39. The fraction of sp³-hybridized carbons (Fsp3) is 0.667. The van der Waals surface area contributed by atoms with Crippen LogP contribution in [0.2, 0.25) is 0 Å². The van der Waals surface area contributed by atoms with E-state index in [1.54, 1.807) is 7.11 Å². The van der Waals surface area contributed by atoms with Gasteiger partial charge in [0, 0.05) is 25.7 Å². The number of nitrogens with zero attached hydrogens (tertiary/aromatic N) is 3. The Morgan fingerprint density at radius 2 is 2.39 bits per heavy atom. The zero-order valence-electron chi connectivity index (χ0n) is 11.1. The highest BCUT2D eigenvalue weighted by Gasteiger charge is 2.21. The van der Waals surface area contributed by atoms with Gasteiger partial charge in [0.15, 0.2) is 0 Å². The molecule has 1 aliphatic rings. The van der Waals surface area contributed by atoms with E-state index in [1.807, 2.05) is 20.0 Å². The maximum Gasteiger partial charge on any atom is 0.218 e. The quantitative estimate of drug-likeness (QED) is 0.827. The molecule has 1 aromatic heterocycles. The van der Waals surface area contributed by atoms with Crippen LogP contribution in [0.3, 0.4) is 0 Å². The number of hydrogen-bond acceptors (Lipinski definition) is 6. The molecule has 0 saturated carbocycles. The molecule has 6 heteroatoms. The standard InChI is InChI=1S/C12H20N4O2/c1-9-14-11(6-12(15-9)17-3)16-4-5-18-10(8-16)7-13-2/h6,10,13H,4-5,7-8H2,1-3H3. The molecule has 1 aliphatic heterocycles. The van der Waals surface area contributed by atoms with Crippen molar-refractivity contribution in [1.29, 1.82) is 0 Å². The van der Waals surface area contributed by atoms with Crippen LogP contribution in [0.15, 0.2) is 6.07 Å². The topological polar surface area (TPSA) is 59.5 Å². The van der Waals surface area contributed by atoms with Crippen LogP contribution in [0, 0.1) is 6.92 Å². The molecule has 18 heavy (non-hydrogen) atoms. The molecule has 2 heterocycles. The fourth-order valence-corrected chi connectivity index (χ4v) is 2.07. The van der Waals surface area contributed by atoms with E-state index >= 15 is 0 Å². The van der Waals surface area contributed by atoms with Crippen LogP contribution < -0.4 is 15.0 Å². The minimum absolute atomic E-state index is 0.199. The lowest BCUT2D eigenvalue weighted by atomic mass is 10.2. The lowest BCUT2D eigenvalue weighted by Gasteiger charge is -2.33. The number of likely N-dealkylation sites (N-methyl/N-ethyl adjacent to an activating group) is 1. The highest BCUT2D eigenvalue weighted by atomic mass is 16.5. The first-order valence-corrected chi connectivity index (χ1v) is 6.13. The number of aromatic nitrogens is 2. The molecule has 0 radical (unpaired) electrons. The third-order valence-corrected chi connectivity index (χ3v) is 2.90. The van der Waals surface area contributed by atoms with Crippen molar-refractivity contribution in [3.8, 4) is 5.88 Å². The summed E-state index contributed by atoms with van der Waals surface area (Å²) in [7, 11) is 3.55. The average molecular weight is 252 g/mol. The summed E-state index contributed by atoms with van der Waals surface area (Å²) >= 11 is 0. The van der Waals surface area contributed by atoms with Gasteiger partial charge in [0.05, 0.1) is 19.8 Å². The third kappa shape index (κ3) is 3.08. The van der Waals surface area contributed by atoms with Gasteiger partial charge in [-0.05, 0) is 14.0 Å². The van der Waals surface area contributed by atoms with Crippen LogP contribution in [0.5, 0.6) is 5.88 Å². The lowest BCUT2D eigenvalue weighted by Crippen LogP contribution is -2.46. The summed E-state index contributed by atoms with van der Waals surface area (Å²) in [4.78, 5) is 10.9. The van der Waals surface area contributed by atoms with Crippen molar-refractivity contribution in [3.63, 3.8) is 0 Å². The van der Waals surface area contributed by atoms with Gasteiger partial charge in [-0.2, -0.15) is 4.98 Å². The summed E-state index contributed by atoms with van der Waals surface area (Å²) in [5, 5.41) is 3.13. The van der Waals surface area contributed by atoms with Crippen LogP contribution in [0.25, 0.3) is 0 Å². The van der Waals surface area contributed by atoms with Crippen molar-refractivity contribution >= 4 is 5.82 Å². The molecule has 1 unspecified atom stereocenters. The SMILES string of the molecule is CNCC1CN(c2cc(OC)nc(C)n2)CCO1. The minimum atomic E-state index is 0.199. The van der Waals surface area contributed by atoms with E-state index < -0.39 is 0 Å². The van der Waals surface area contributed by atoms with Gasteiger partial charge in [0.1, 0.15) is 11.6 Å². The summed E-state index contributed by atoms with van der Waals surface area (Å²) < 4.78 is 10.9. The molecule has 0 spiro atoms. The van der Waals surface area contributed by atoms with Gasteiger partial charge in [-0.1, -0.05) is 0 Å². The predicted molar refractivity (Wildman–Crippen MR) is 69.2 cm³/mol. The van der Waals surface area contributed by atoms with E-state index in [0.29, 0.717) is 5.88 Å². The summed E-state index contributed by atoms with van der Waals surface area (Å²) in [5.74, 6) is 2.24. The summed E-state index contributed by atoms with van der Waals surface area (Å²) in [5.41, 5.74) is 0. The third-order valence-electron chi connectivity index (χ3n) is 2.90. The van der Waals surface area contributed by atoms with E-state index in [9.17, 15) is 0 Å². The maximum atomic E-state index is 5.68. The van der Waals surface area contributed by atoms with Crippen molar-refractivity contribution in [2.45, 2.75) is 13.0 Å². The molecule has 0 aliphatic carbocycles. The van der Waals surface area contributed by atoms with E-state index in [-0.39, 0.29) is 6.10 Å². The Hall–Kier alpha value is -1.40. The van der Waals surface area contributed by atoms with Gasteiger partial charge in [-0.15, -0.1) is 0 Å². The molecular formula is C12H20N4O2. The lowest BCUT2D eigenvalue weighted by molar-refractivity contribution is 0.0418. The zero-order chi connectivity index (χ0) is 13.0. The second-order valence-corrected chi connectivity index (χ2v) is 4.31. The molecule has 1 fully saturated rings. The Balaban J connectivity index is 2.12. The Labute approximate surface area is 107 Å². The number of nitrogens with one attached hydrogen (secondary N) is 1. The molecule has 0 aromatic carbocycles. The molecular weight excluding hydrogens is 232 g/mol. The molecule has 0 amide bonds. The normalized spacial score (nSPS) is 19.9. The minimum Gasteiger partial charge on any atom is -0.481 e. The van der Waals surface area contributed by atoms with Crippen molar-refractivity contribution in [1.82, 2.24) is 15.3 Å². The Morgan fingerprint density at radius 1 is 1.56 bits per heavy atom. The van der Waals surface area contributed by atoms with E-state index in [4.69, 9.17) is 9.47 Å². The van der Waals surface area contributed by atoms with Gasteiger partial charge in [-0.3, -0.25) is 0 Å². The second kappa shape index (κ2) is 5.97. The number of rotatable bonds is 4. The Kier molecular flexibility index (Phi) is 4.33. The van der Waals surface area contributed by atoms with Crippen LogP contribution in [-0.2, 0) is 4.74 Å². The number of ether oxygens (including phenoxy) is 2. The van der Waals surface area contributed by atoms with E-state index in [2.05, 4.69) is 20.2 Å². The summed E-state index contributed by atoms with van der Waals surface area (Å²) in [6.45, 7) is 5.12. The molecule has 1 aromatic rings. The van der Waals surface area contributed by atoms with Gasteiger partial charge in [-0.25, -0.2) is 4.98 Å².